The van der Waals surface area contributed by atoms with E-state index in [0.717, 1.165) is 0 Å². The fourth-order valence-corrected chi connectivity index (χ4v) is 0.771. The Morgan fingerprint density at radius 2 is 2.45 bits per heavy atom. The summed E-state index contributed by atoms with van der Waals surface area (Å²) in [6.45, 7) is 0. The SMILES string of the molecule is COc1nccn(C)/c1=N\N. The smallest absolute Gasteiger partial charge is 0.259 e. The molecule has 60 valence electrons. The molecule has 0 spiro atoms. The molecule has 0 saturated carbocycles. The van der Waals surface area contributed by atoms with Crippen molar-refractivity contribution in [2.45, 2.75) is 0 Å². The molecule has 0 fully saturated rings. The van der Waals surface area contributed by atoms with Crippen molar-refractivity contribution in [3.63, 3.8) is 0 Å². The first-order valence-corrected chi connectivity index (χ1v) is 3.09. The van der Waals surface area contributed by atoms with Crippen LogP contribution in [-0.2, 0) is 7.05 Å². The number of hydrogen-bond donors (Lipinski definition) is 1. The average molecular weight is 154 g/mol. The molecule has 0 aliphatic carbocycles. The second-order valence-corrected chi connectivity index (χ2v) is 2.00. The molecule has 1 aromatic heterocycles. The normalized spacial score (nSPS) is 11.6. The van der Waals surface area contributed by atoms with Crippen LogP contribution in [0.3, 0.4) is 0 Å². The van der Waals surface area contributed by atoms with E-state index in [1.807, 2.05) is 7.05 Å². The van der Waals surface area contributed by atoms with E-state index >= 15 is 0 Å². The van der Waals surface area contributed by atoms with Crippen LogP contribution >= 0.6 is 0 Å². The zero-order valence-corrected chi connectivity index (χ0v) is 6.48. The standard InChI is InChI=1S/C6H10N4O/c1-10-4-3-8-6(11-2)5(10)9-7/h3-4H,7H2,1-2H3/b9-5-. The van der Waals surface area contributed by atoms with Gasteiger partial charge < -0.3 is 15.1 Å². The highest BCUT2D eigenvalue weighted by atomic mass is 16.5. The summed E-state index contributed by atoms with van der Waals surface area (Å²) in [7, 11) is 3.34. The first-order chi connectivity index (χ1) is 5.29. The highest BCUT2D eigenvalue weighted by Gasteiger charge is 1.97. The van der Waals surface area contributed by atoms with Gasteiger partial charge in [0.25, 0.3) is 5.88 Å². The number of nitrogens with two attached hydrogens (primary N) is 1. The van der Waals surface area contributed by atoms with E-state index in [4.69, 9.17) is 10.6 Å². The third kappa shape index (κ3) is 1.31. The van der Waals surface area contributed by atoms with E-state index in [1.54, 1.807) is 17.0 Å². The van der Waals surface area contributed by atoms with Gasteiger partial charge in [0, 0.05) is 19.4 Å². The first kappa shape index (κ1) is 7.59. The van der Waals surface area contributed by atoms with Gasteiger partial charge in [-0.15, -0.1) is 0 Å². The summed E-state index contributed by atoms with van der Waals surface area (Å²) in [6.07, 6.45) is 3.36. The Labute approximate surface area is 64.1 Å². The molecule has 0 amide bonds. The Kier molecular flexibility index (Phi) is 2.10. The predicted octanol–water partition coefficient (Wildman–Crippen LogP) is -0.797. The lowest BCUT2D eigenvalue weighted by Gasteiger charge is -2.01. The number of ether oxygens (including phenoxy) is 1. The van der Waals surface area contributed by atoms with Gasteiger partial charge in [-0.3, -0.25) is 0 Å². The summed E-state index contributed by atoms with van der Waals surface area (Å²) in [4.78, 5) is 3.91. The van der Waals surface area contributed by atoms with Crippen LogP contribution in [0, 0.1) is 0 Å². The molecule has 5 heteroatoms. The molecule has 0 radical (unpaired) electrons. The number of aryl methyl sites for hydroxylation is 1. The Bertz CT molecular complexity index is 304. The summed E-state index contributed by atoms with van der Waals surface area (Å²) in [5, 5.41) is 3.52. The Balaban J connectivity index is 3.38. The molecular formula is C6H10N4O. The number of hydrogen-bond acceptors (Lipinski definition) is 4. The predicted molar refractivity (Wildman–Crippen MR) is 39.5 cm³/mol. The lowest BCUT2D eigenvalue weighted by Crippen LogP contribution is -2.22. The van der Waals surface area contributed by atoms with Crippen LogP contribution < -0.4 is 16.1 Å². The first-order valence-electron chi connectivity index (χ1n) is 3.09. The van der Waals surface area contributed by atoms with Gasteiger partial charge in [-0.05, 0) is 0 Å². The van der Waals surface area contributed by atoms with Crippen molar-refractivity contribution in [1.82, 2.24) is 9.55 Å². The quantitative estimate of drug-likeness (QED) is 0.425. The van der Waals surface area contributed by atoms with Crippen molar-refractivity contribution in [2.24, 2.45) is 18.0 Å². The zero-order chi connectivity index (χ0) is 8.27. The van der Waals surface area contributed by atoms with Crippen molar-refractivity contribution >= 4 is 0 Å². The maximum Gasteiger partial charge on any atom is 0.259 e. The van der Waals surface area contributed by atoms with Crippen LogP contribution in [0.15, 0.2) is 17.5 Å². The third-order valence-corrected chi connectivity index (χ3v) is 1.32. The van der Waals surface area contributed by atoms with Gasteiger partial charge in [-0.2, -0.15) is 5.10 Å². The van der Waals surface area contributed by atoms with Gasteiger partial charge in [-0.1, -0.05) is 0 Å². The molecule has 11 heavy (non-hydrogen) atoms. The van der Waals surface area contributed by atoms with Gasteiger partial charge in [0.15, 0.2) is 0 Å². The summed E-state index contributed by atoms with van der Waals surface area (Å²) in [5.41, 5.74) is 0.523. The number of nitrogens with zero attached hydrogens (tertiary/aromatic N) is 3. The lowest BCUT2D eigenvalue weighted by atomic mass is 10.6. The molecule has 0 aliphatic rings. The minimum Gasteiger partial charge on any atom is -0.478 e. The fourth-order valence-electron chi connectivity index (χ4n) is 0.771. The van der Waals surface area contributed by atoms with E-state index in [-0.39, 0.29) is 0 Å². The average Bonchev–Trinajstić information content (AvgIpc) is 2.04. The van der Waals surface area contributed by atoms with Gasteiger partial charge in [-0.25, -0.2) is 4.98 Å². The van der Waals surface area contributed by atoms with Crippen molar-refractivity contribution in [3.05, 3.63) is 17.9 Å². The number of methoxy groups -OCH3 is 1. The topological polar surface area (TPSA) is 65.4 Å². The number of rotatable bonds is 1. The molecule has 1 rings (SSSR count). The minimum absolute atomic E-state index is 0.428. The maximum atomic E-state index is 5.11. The molecule has 1 aromatic rings. The molecule has 0 aliphatic heterocycles. The van der Waals surface area contributed by atoms with E-state index in [1.165, 1.54) is 7.11 Å². The Morgan fingerprint density at radius 1 is 1.73 bits per heavy atom. The van der Waals surface area contributed by atoms with E-state index < -0.39 is 0 Å². The van der Waals surface area contributed by atoms with E-state index in [0.29, 0.717) is 11.4 Å². The van der Waals surface area contributed by atoms with Crippen LogP contribution in [-0.4, -0.2) is 16.7 Å². The summed E-state index contributed by atoms with van der Waals surface area (Å²) < 4.78 is 6.64. The Hall–Kier alpha value is -1.52. The highest BCUT2D eigenvalue weighted by Crippen LogP contribution is 1.91. The van der Waals surface area contributed by atoms with E-state index in [9.17, 15) is 0 Å². The van der Waals surface area contributed by atoms with Crippen molar-refractivity contribution in [1.29, 1.82) is 0 Å². The Morgan fingerprint density at radius 3 is 2.91 bits per heavy atom. The van der Waals surface area contributed by atoms with Gasteiger partial charge in [0.1, 0.15) is 0 Å². The van der Waals surface area contributed by atoms with Gasteiger partial charge >= 0.3 is 0 Å². The van der Waals surface area contributed by atoms with Crippen LogP contribution in [0.25, 0.3) is 0 Å². The second-order valence-electron chi connectivity index (χ2n) is 2.00. The highest BCUT2D eigenvalue weighted by molar-refractivity contribution is 5.02. The molecule has 5 nitrogen and oxygen atoms in total. The van der Waals surface area contributed by atoms with Crippen molar-refractivity contribution in [2.75, 3.05) is 7.11 Å². The molecule has 0 aromatic carbocycles. The summed E-state index contributed by atoms with van der Waals surface area (Å²) >= 11 is 0. The zero-order valence-electron chi connectivity index (χ0n) is 6.48. The lowest BCUT2D eigenvalue weighted by molar-refractivity contribution is 0.384. The molecule has 0 unspecified atom stereocenters. The minimum atomic E-state index is 0.428. The molecule has 2 N–H and O–H groups in total. The largest absolute Gasteiger partial charge is 0.478 e. The molecule has 1 heterocycles. The maximum absolute atomic E-state index is 5.11. The molecule has 0 saturated heterocycles. The van der Waals surface area contributed by atoms with Crippen LogP contribution in [0.2, 0.25) is 0 Å². The monoisotopic (exact) mass is 154 g/mol. The van der Waals surface area contributed by atoms with Crippen molar-refractivity contribution < 1.29 is 4.74 Å². The van der Waals surface area contributed by atoms with Gasteiger partial charge in [0.05, 0.1) is 7.11 Å². The van der Waals surface area contributed by atoms with Crippen molar-refractivity contribution in [3.8, 4) is 5.88 Å². The molecule has 0 atom stereocenters. The van der Waals surface area contributed by atoms with Crippen LogP contribution in [0.5, 0.6) is 5.88 Å². The van der Waals surface area contributed by atoms with Crippen LogP contribution in [0.4, 0.5) is 0 Å². The van der Waals surface area contributed by atoms with Crippen LogP contribution in [0.1, 0.15) is 0 Å². The summed E-state index contributed by atoms with van der Waals surface area (Å²) in [5.74, 6) is 5.54. The third-order valence-electron chi connectivity index (χ3n) is 1.32. The van der Waals surface area contributed by atoms with Gasteiger partial charge in [0.2, 0.25) is 5.49 Å². The molecular weight excluding hydrogens is 144 g/mol. The molecule has 0 bridgehead atoms. The number of aromatic nitrogens is 2. The fraction of sp³-hybridized carbons (Fsp3) is 0.333. The van der Waals surface area contributed by atoms with E-state index in [2.05, 4.69) is 10.1 Å². The second kappa shape index (κ2) is 3.05. The summed E-state index contributed by atoms with van der Waals surface area (Å²) in [6, 6.07) is 0.